The van der Waals surface area contributed by atoms with E-state index in [4.69, 9.17) is 43.1 Å². The summed E-state index contributed by atoms with van der Waals surface area (Å²) in [6, 6.07) is 2.45. The number of rotatable bonds is 21. The van der Waals surface area contributed by atoms with E-state index in [1.54, 1.807) is 38.6 Å². The van der Waals surface area contributed by atoms with Crippen LogP contribution in [0.15, 0.2) is 81.5 Å². The Morgan fingerprint density at radius 1 is 0.531 bits per heavy atom. The number of aromatic nitrogens is 6. The molecular formula is C47H90N6O20Si8. The Kier molecular flexibility index (Phi) is 45.6. The fourth-order valence-electron chi connectivity index (χ4n) is 7.28. The van der Waals surface area contributed by atoms with E-state index in [-0.39, 0.29) is 25.3 Å². The second kappa shape index (κ2) is 47.0. The Morgan fingerprint density at radius 3 is 1.06 bits per heavy atom. The van der Waals surface area contributed by atoms with E-state index in [0.29, 0.717) is 88.8 Å². The monoisotopic (exact) mass is 1280 g/mol. The third-order valence-electron chi connectivity index (χ3n) is 10.2. The van der Waals surface area contributed by atoms with Gasteiger partial charge in [0.2, 0.25) is 0 Å². The van der Waals surface area contributed by atoms with Crippen LogP contribution in [0.5, 0.6) is 0 Å². The summed E-state index contributed by atoms with van der Waals surface area (Å²) in [4.78, 5) is 87.4. The third-order valence-corrected chi connectivity index (χ3v) is 41.3. The van der Waals surface area contributed by atoms with Gasteiger partial charge in [-0.05, 0) is 116 Å². The number of ether oxygens (including phenoxy) is 3. The van der Waals surface area contributed by atoms with E-state index in [0.717, 1.165) is 32.3 Å². The van der Waals surface area contributed by atoms with Gasteiger partial charge in [-0.2, -0.15) is 0 Å². The molecule has 0 aliphatic carbocycles. The van der Waals surface area contributed by atoms with Gasteiger partial charge in [-0.1, -0.05) is 18.7 Å². The number of hydrogen-bond donors (Lipinski definition) is 2. The van der Waals surface area contributed by atoms with Crippen LogP contribution in [0, 0.1) is 0 Å². The van der Waals surface area contributed by atoms with Crippen LogP contribution in [-0.4, -0.2) is 187 Å². The normalized spacial score (nSPS) is 23.7. The minimum absolute atomic E-state index is 0.0833. The Balaban J connectivity index is 0. The van der Waals surface area contributed by atoms with E-state index in [1.807, 2.05) is 52.4 Å². The Morgan fingerprint density at radius 2 is 0.827 bits per heavy atom. The molecule has 26 nitrogen and oxygen atoms in total. The maximum atomic E-state index is 11.4. The predicted octanol–water partition coefficient (Wildman–Crippen LogP) is 6.34. The van der Waals surface area contributed by atoms with Crippen molar-refractivity contribution < 1.29 is 90.9 Å². The van der Waals surface area contributed by atoms with Crippen LogP contribution in [-0.2, 0) is 66.3 Å². The molecule has 3 aromatic heterocycles. The van der Waals surface area contributed by atoms with Crippen molar-refractivity contribution in [2.75, 3.05) is 33.5 Å². The van der Waals surface area contributed by atoms with Crippen molar-refractivity contribution >= 4 is 115 Å². The van der Waals surface area contributed by atoms with E-state index in [2.05, 4.69) is 42.3 Å². The lowest BCUT2D eigenvalue weighted by molar-refractivity contribution is -0.108. The van der Waals surface area contributed by atoms with Crippen LogP contribution < -0.4 is 0 Å². The first kappa shape index (κ1) is 78.6. The molecule has 5 rings (SSSR count). The number of aliphatic hydroxyl groups is 2. The average Bonchev–Trinajstić information content (AvgIpc) is 4.43. The Bertz CT molecular complexity index is 1950. The number of aliphatic hydroxyl groups excluding tert-OH is 2. The van der Waals surface area contributed by atoms with Gasteiger partial charge in [-0.25, -0.2) is 33.9 Å². The highest BCUT2D eigenvalue weighted by molar-refractivity contribution is 6.94. The fourth-order valence-corrected chi connectivity index (χ4v) is 42.7. The first-order chi connectivity index (χ1) is 38.6. The lowest BCUT2D eigenvalue weighted by Crippen LogP contribution is -2.67. The zero-order chi connectivity index (χ0) is 61.6. The molecule has 2 fully saturated rings. The fraction of sp³-hybridized carbons (Fsp3) is 0.574. The van der Waals surface area contributed by atoms with Gasteiger partial charge in [0.1, 0.15) is 50.7 Å². The zero-order valence-electron chi connectivity index (χ0n) is 49.1. The summed E-state index contributed by atoms with van der Waals surface area (Å²) >= 11 is 0. The summed E-state index contributed by atoms with van der Waals surface area (Å²) in [6.45, 7) is 27.3. The van der Waals surface area contributed by atoms with Gasteiger partial charge in [-0.15, -0.1) is 6.58 Å². The predicted molar refractivity (Wildman–Crippen MR) is 322 cm³/mol. The standard InChI is InChI=1S/C20H40O8Si4.C7H6N4O.C6H8N2O2.C6H10O3.C4H16O4Si4.C3H6O.CH4O/c1-29(17-9-5-13-21)25-30(2,18-10-6-14-22)27-32(4,20-12-8-16-24)28-31(3,26-29)19-11-7-15-23;12-7(10-3-1-8-5-10)11-4-2-9-6-11;1-2-10-6(9)8-4-3-7-5-8;1-3-5-9-6(7)8-4-2;1-9-5-10(2)7-12(4)8-11(3)6-9;1-2-3-4;1-2/h13-16H,5-12,17-20H2,1-4H3;1-6H;3-5H,2H2,1H3;3H,1,4-5H2,2H3;9-12H,1-4H3;2,4H,1,3H2;2H,1H3. The average molecular weight is 1280 g/mol. The quantitative estimate of drug-likeness (QED) is 0.0386. The number of hydrogen-bond acceptors (Lipinski definition) is 23. The third kappa shape index (κ3) is 38.1. The lowest BCUT2D eigenvalue weighted by atomic mass is 10.4. The number of carbonyl (C=O) groups excluding carboxylic acids is 7. The number of carbonyl (C=O) groups is 7. The molecule has 2 N–H and O–H groups in total. The minimum atomic E-state index is -2.74. The molecule has 2 aliphatic rings. The topological polar surface area (TPSA) is 315 Å². The van der Waals surface area contributed by atoms with Gasteiger partial charge in [0, 0.05) is 70.0 Å². The molecule has 0 atom stereocenters. The number of nitrogens with zero attached hydrogens (tertiary/aromatic N) is 6. The molecular weight excluding hydrogens is 1190 g/mol. The van der Waals surface area contributed by atoms with Gasteiger partial charge < -0.3 is 76.5 Å². The van der Waals surface area contributed by atoms with Crippen molar-refractivity contribution in [1.29, 1.82) is 0 Å². The molecule has 0 spiro atoms. The van der Waals surface area contributed by atoms with Crippen LogP contribution in [0.4, 0.5) is 14.4 Å². The second-order valence-corrected chi connectivity index (χ2v) is 40.9. The molecule has 3 aromatic rings. The zero-order valence-corrected chi connectivity index (χ0v) is 57.7. The van der Waals surface area contributed by atoms with Crippen molar-refractivity contribution in [3.8, 4) is 0 Å². The molecule has 0 radical (unpaired) electrons. The summed E-state index contributed by atoms with van der Waals surface area (Å²) in [5.41, 5.74) is 0. The molecule has 460 valence electrons. The number of aldehydes is 4. The van der Waals surface area contributed by atoms with E-state index >= 15 is 0 Å². The maximum absolute atomic E-state index is 11.4. The summed E-state index contributed by atoms with van der Waals surface area (Å²) in [5.74, 6) is 0. The molecule has 0 saturated carbocycles. The SMILES string of the molecule is C=CCO.C=CCOC(=O)OCC.CCOC(=O)n1ccnc1.CO.C[SiH]1O[SiH](C)O[SiH](C)O[SiH](C)O1.C[Si]1(CCCC=O)O[Si](C)(CCCC=O)O[Si](C)(CCCC=O)O[Si](C)(CCCC=O)O1.O=C(n1ccnc1)n1ccnc1. The van der Waals surface area contributed by atoms with Gasteiger partial charge in [0.25, 0.3) is 37.1 Å². The summed E-state index contributed by atoms with van der Waals surface area (Å²) in [6.07, 6.45) is 23.6. The highest BCUT2D eigenvalue weighted by atomic mass is 28.5. The molecule has 0 unspecified atom stereocenters. The smallest absolute Gasteiger partial charge is 0.449 e. The number of imidazole rings is 3. The molecule has 81 heavy (non-hydrogen) atoms. The van der Waals surface area contributed by atoms with Gasteiger partial charge in [-0.3, -0.25) is 9.13 Å². The van der Waals surface area contributed by atoms with Crippen molar-refractivity contribution in [1.82, 2.24) is 28.7 Å². The number of unbranched alkanes of at least 4 members (excludes halogenated alkanes) is 4. The molecule has 5 heterocycles. The Hall–Kier alpha value is -4.46. The van der Waals surface area contributed by atoms with Gasteiger partial charge in [0.05, 0.1) is 19.8 Å². The maximum Gasteiger partial charge on any atom is 0.508 e. The highest BCUT2D eigenvalue weighted by Crippen LogP contribution is 2.39. The highest BCUT2D eigenvalue weighted by Gasteiger charge is 2.56. The van der Waals surface area contributed by atoms with Crippen molar-refractivity contribution in [3.63, 3.8) is 0 Å². The van der Waals surface area contributed by atoms with E-state index < -0.39 is 77.5 Å². The summed E-state index contributed by atoms with van der Waals surface area (Å²) < 4.78 is 67.5. The van der Waals surface area contributed by atoms with Crippen molar-refractivity contribution in [2.24, 2.45) is 0 Å². The Labute approximate surface area is 488 Å². The van der Waals surface area contributed by atoms with E-state index in [1.165, 1.54) is 57.2 Å². The van der Waals surface area contributed by atoms with Crippen molar-refractivity contribution in [3.05, 3.63) is 81.5 Å². The van der Waals surface area contributed by atoms with Gasteiger partial charge >= 0.3 is 52.5 Å². The molecule has 34 heteroatoms. The first-order valence-electron chi connectivity index (χ1n) is 26.5. The summed E-state index contributed by atoms with van der Waals surface area (Å²) in [5, 5.41) is 14.8. The minimum Gasteiger partial charge on any atom is -0.449 e. The van der Waals surface area contributed by atoms with Crippen LogP contribution in [0.1, 0.15) is 65.2 Å². The van der Waals surface area contributed by atoms with Gasteiger partial charge in [0.15, 0.2) is 0 Å². The molecule has 0 amide bonds. The van der Waals surface area contributed by atoms with Crippen molar-refractivity contribution in [2.45, 2.75) is 142 Å². The van der Waals surface area contributed by atoms with E-state index in [9.17, 15) is 33.6 Å². The van der Waals surface area contributed by atoms with Crippen LogP contribution in [0.3, 0.4) is 0 Å². The molecule has 2 aliphatic heterocycles. The summed E-state index contributed by atoms with van der Waals surface area (Å²) in [7, 11) is -15.6. The molecule has 0 aromatic carbocycles. The van der Waals surface area contributed by atoms with Crippen LogP contribution in [0.25, 0.3) is 0 Å². The largest absolute Gasteiger partial charge is 0.508 e. The lowest BCUT2D eigenvalue weighted by Gasteiger charge is -2.50. The van der Waals surface area contributed by atoms with Crippen LogP contribution >= 0.6 is 0 Å². The first-order valence-corrected chi connectivity index (χ1v) is 45.0. The second-order valence-electron chi connectivity index (χ2n) is 17.6. The van der Waals surface area contributed by atoms with Crippen LogP contribution in [0.2, 0.25) is 76.6 Å². The molecule has 2 saturated heterocycles. The molecule has 0 bridgehead atoms.